The summed E-state index contributed by atoms with van der Waals surface area (Å²) in [6.07, 6.45) is 4.96. The summed E-state index contributed by atoms with van der Waals surface area (Å²) in [6, 6.07) is 6.10. The number of rotatable bonds is 5. The van der Waals surface area contributed by atoms with Gasteiger partial charge in [0.1, 0.15) is 0 Å². The highest BCUT2D eigenvalue weighted by Gasteiger charge is 2.30. The van der Waals surface area contributed by atoms with E-state index in [1.807, 2.05) is 13.1 Å². The molecule has 0 saturated heterocycles. The molecular formula is C17H27NO2S. The predicted octanol–water partition coefficient (Wildman–Crippen LogP) is 3.31. The molecule has 1 aliphatic carbocycles. The van der Waals surface area contributed by atoms with Gasteiger partial charge < -0.3 is 5.32 Å². The SMILES string of the molecule is CNC(CS(=O)(=O)C1CCCCC1)c1ccc(C)c(C)c1. The van der Waals surface area contributed by atoms with Crippen molar-refractivity contribution in [3.05, 3.63) is 34.9 Å². The second kappa shape index (κ2) is 6.93. The molecule has 1 N–H and O–H groups in total. The lowest BCUT2D eigenvalue weighted by atomic mass is 10.0. The smallest absolute Gasteiger partial charge is 0.155 e. The van der Waals surface area contributed by atoms with Gasteiger partial charge in [-0.15, -0.1) is 0 Å². The summed E-state index contributed by atoms with van der Waals surface area (Å²) >= 11 is 0. The molecular weight excluding hydrogens is 282 g/mol. The highest BCUT2D eigenvalue weighted by atomic mass is 32.2. The molecule has 1 fully saturated rings. The highest BCUT2D eigenvalue weighted by molar-refractivity contribution is 7.92. The maximum Gasteiger partial charge on any atom is 0.155 e. The van der Waals surface area contributed by atoms with Gasteiger partial charge in [0.05, 0.1) is 11.0 Å². The molecule has 0 heterocycles. The van der Waals surface area contributed by atoms with E-state index in [0.717, 1.165) is 31.2 Å². The Morgan fingerprint density at radius 2 is 1.81 bits per heavy atom. The van der Waals surface area contributed by atoms with E-state index in [2.05, 4.69) is 31.3 Å². The highest BCUT2D eigenvalue weighted by Crippen LogP contribution is 2.27. The molecule has 0 bridgehead atoms. The molecule has 4 heteroatoms. The van der Waals surface area contributed by atoms with E-state index < -0.39 is 9.84 Å². The van der Waals surface area contributed by atoms with E-state index >= 15 is 0 Å². The fourth-order valence-corrected chi connectivity index (χ4v) is 5.27. The molecule has 1 atom stereocenters. The number of nitrogens with one attached hydrogen (secondary N) is 1. The summed E-state index contributed by atoms with van der Waals surface area (Å²) in [5.41, 5.74) is 3.52. The van der Waals surface area contributed by atoms with Crippen LogP contribution in [-0.4, -0.2) is 26.5 Å². The molecule has 2 rings (SSSR count). The van der Waals surface area contributed by atoms with Crippen molar-refractivity contribution in [3.8, 4) is 0 Å². The van der Waals surface area contributed by atoms with Crippen molar-refractivity contribution >= 4 is 9.84 Å². The third-order valence-corrected chi connectivity index (χ3v) is 7.03. The van der Waals surface area contributed by atoms with Crippen LogP contribution in [0.4, 0.5) is 0 Å². The van der Waals surface area contributed by atoms with Crippen LogP contribution >= 0.6 is 0 Å². The first-order chi connectivity index (χ1) is 9.94. The summed E-state index contributed by atoms with van der Waals surface area (Å²) in [6.45, 7) is 4.15. The molecule has 0 spiro atoms. The molecule has 0 aliphatic heterocycles. The lowest BCUT2D eigenvalue weighted by molar-refractivity contribution is 0.479. The van der Waals surface area contributed by atoms with Crippen molar-refractivity contribution in [2.75, 3.05) is 12.8 Å². The fraction of sp³-hybridized carbons (Fsp3) is 0.647. The topological polar surface area (TPSA) is 46.2 Å². The van der Waals surface area contributed by atoms with Gasteiger partial charge in [-0.05, 0) is 50.4 Å². The van der Waals surface area contributed by atoms with E-state index in [1.165, 1.54) is 17.5 Å². The van der Waals surface area contributed by atoms with Crippen molar-refractivity contribution in [2.24, 2.45) is 0 Å². The van der Waals surface area contributed by atoms with Gasteiger partial charge >= 0.3 is 0 Å². The first-order valence-corrected chi connectivity index (χ1v) is 9.61. The van der Waals surface area contributed by atoms with Crippen molar-refractivity contribution in [2.45, 2.75) is 57.2 Å². The molecule has 21 heavy (non-hydrogen) atoms. The van der Waals surface area contributed by atoms with E-state index in [0.29, 0.717) is 0 Å². The first-order valence-electron chi connectivity index (χ1n) is 7.90. The van der Waals surface area contributed by atoms with Crippen LogP contribution in [-0.2, 0) is 9.84 Å². The van der Waals surface area contributed by atoms with Gasteiger partial charge in [0.15, 0.2) is 9.84 Å². The third kappa shape index (κ3) is 4.07. The second-order valence-corrected chi connectivity index (χ2v) is 8.60. The molecule has 118 valence electrons. The molecule has 1 aromatic carbocycles. The quantitative estimate of drug-likeness (QED) is 0.907. The summed E-state index contributed by atoms with van der Waals surface area (Å²) in [5.74, 6) is 0.205. The molecule has 0 radical (unpaired) electrons. The number of hydrogen-bond acceptors (Lipinski definition) is 3. The molecule has 3 nitrogen and oxygen atoms in total. The van der Waals surface area contributed by atoms with Crippen LogP contribution in [0, 0.1) is 13.8 Å². The first kappa shape index (κ1) is 16.5. The van der Waals surface area contributed by atoms with E-state index in [9.17, 15) is 8.42 Å². The summed E-state index contributed by atoms with van der Waals surface area (Å²) in [7, 11) is -1.18. The van der Waals surface area contributed by atoms with E-state index in [4.69, 9.17) is 0 Å². The monoisotopic (exact) mass is 309 g/mol. The van der Waals surface area contributed by atoms with E-state index in [1.54, 1.807) is 0 Å². The van der Waals surface area contributed by atoms with Crippen molar-refractivity contribution in [1.29, 1.82) is 0 Å². The minimum absolute atomic E-state index is 0.115. The number of aryl methyl sites for hydroxylation is 2. The predicted molar refractivity (Wildman–Crippen MR) is 88.4 cm³/mol. The number of sulfone groups is 1. The lowest BCUT2D eigenvalue weighted by Crippen LogP contribution is -2.33. The Balaban J connectivity index is 2.15. The summed E-state index contributed by atoms with van der Waals surface area (Å²) in [5, 5.41) is 3.05. The van der Waals surface area contributed by atoms with Gasteiger partial charge in [-0.3, -0.25) is 0 Å². The van der Waals surface area contributed by atoms with Crippen LogP contribution < -0.4 is 5.32 Å². The van der Waals surface area contributed by atoms with Gasteiger partial charge in [0.2, 0.25) is 0 Å². The van der Waals surface area contributed by atoms with Crippen molar-refractivity contribution < 1.29 is 8.42 Å². The Morgan fingerprint density at radius 1 is 1.14 bits per heavy atom. The minimum atomic E-state index is -3.03. The van der Waals surface area contributed by atoms with Gasteiger partial charge in [0.25, 0.3) is 0 Å². The molecule has 1 aliphatic rings. The van der Waals surface area contributed by atoms with Crippen LogP contribution in [0.2, 0.25) is 0 Å². The van der Waals surface area contributed by atoms with E-state index in [-0.39, 0.29) is 17.0 Å². The third-order valence-electron chi connectivity index (χ3n) is 4.74. The van der Waals surface area contributed by atoms with Crippen LogP contribution in [0.3, 0.4) is 0 Å². The van der Waals surface area contributed by atoms with Crippen LogP contribution in [0.1, 0.15) is 54.8 Å². The Kier molecular flexibility index (Phi) is 5.44. The van der Waals surface area contributed by atoms with Crippen molar-refractivity contribution in [1.82, 2.24) is 5.32 Å². The van der Waals surface area contributed by atoms with Gasteiger partial charge in [-0.1, -0.05) is 37.5 Å². The zero-order valence-electron chi connectivity index (χ0n) is 13.4. The maximum absolute atomic E-state index is 12.6. The van der Waals surface area contributed by atoms with Gasteiger partial charge in [0, 0.05) is 6.04 Å². The fourth-order valence-electron chi connectivity index (χ4n) is 3.12. The molecule has 0 aromatic heterocycles. The number of benzene rings is 1. The molecule has 0 amide bonds. The van der Waals surface area contributed by atoms with Gasteiger partial charge in [-0.25, -0.2) is 8.42 Å². The van der Waals surface area contributed by atoms with Crippen LogP contribution in [0.25, 0.3) is 0 Å². The van der Waals surface area contributed by atoms with Crippen LogP contribution in [0.5, 0.6) is 0 Å². The standard InChI is InChI=1S/C17H27NO2S/c1-13-9-10-15(11-14(13)2)17(18-3)12-21(19,20)16-7-5-4-6-8-16/h9-11,16-18H,4-8,12H2,1-3H3. The summed E-state index contributed by atoms with van der Waals surface area (Å²) < 4.78 is 25.3. The van der Waals surface area contributed by atoms with Crippen LogP contribution in [0.15, 0.2) is 18.2 Å². The minimum Gasteiger partial charge on any atom is -0.312 e. The molecule has 1 aromatic rings. The average Bonchev–Trinajstić information content (AvgIpc) is 2.49. The zero-order chi connectivity index (χ0) is 15.5. The second-order valence-electron chi connectivity index (χ2n) is 6.27. The maximum atomic E-state index is 12.6. The zero-order valence-corrected chi connectivity index (χ0v) is 14.2. The number of hydrogen-bond donors (Lipinski definition) is 1. The van der Waals surface area contributed by atoms with Gasteiger partial charge in [-0.2, -0.15) is 0 Å². The Labute approximate surface area is 129 Å². The lowest BCUT2D eigenvalue weighted by Gasteiger charge is -2.25. The largest absolute Gasteiger partial charge is 0.312 e. The summed E-state index contributed by atoms with van der Waals surface area (Å²) in [4.78, 5) is 0. The Bertz CT molecular complexity index is 574. The normalized spacial score (nSPS) is 18.6. The molecule has 1 saturated carbocycles. The average molecular weight is 309 g/mol. The Hall–Kier alpha value is -0.870. The molecule has 1 unspecified atom stereocenters. The Morgan fingerprint density at radius 3 is 2.38 bits per heavy atom. The van der Waals surface area contributed by atoms with Crippen molar-refractivity contribution in [3.63, 3.8) is 0 Å².